The number of hydrogen-bond acceptors (Lipinski definition) is 3. The predicted octanol–water partition coefficient (Wildman–Crippen LogP) is 1.41. The molecule has 0 amide bonds. The van der Waals surface area contributed by atoms with Crippen molar-refractivity contribution in [2.75, 3.05) is 37.7 Å². The molecular formula is C10H22N2S. The fourth-order valence-corrected chi connectivity index (χ4v) is 2.50. The molecule has 0 bridgehead atoms. The van der Waals surface area contributed by atoms with Crippen molar-refractivity contribution in [3.05, 3.63) is 0 Å². The van der Waals surface area contributed by atoms with Gasteiger partial charge in [0.2, 0.25) is 0 Å². The van der Waals surface area contributed by atoms with E-state index < -0.39 is 0 Å². The third-order valence-electron chi connectivity index (χ3n) is 2.89. The monoisotopic (exact) mass is 202 g/mol. The van der Waals surface area contributed by atoms with Crippen LogP contribution in [-0.4, -0.2) is 42.6 Å². The molecule has 0 radical (unpaired) electrons. The van der Waals surface area contributed by atoms with Gasteiger partial charge in [-0.05, 0) is 30.7 Å². The molecule has 0 aromatic carbocycles. The van der Waals surface area contributed by atoms with Gasteiger partial charge in [-0.25, -0.2) is 0 Å². The Morgan fingerprint density at radius 3 is 2.85 bits per heavy atom. The van der Waals surface area contributed by atoms with Gasteiger partial charge >= 0.3 is 0 Å². The van der Waals surface area contributed by atoms with Crippen LogP contribution in [0.15, 0.2) is 0 Å². The number of rotatable bonds is 5. The van der Waals surface area contributed by atoms with Crippen molar-refractivity contribution in [1.29, 1.82) is 0 Å². The van der Waals surface area contributed by atoms with Crippen LogP contribution in [0.25, 0.3) is 0 Å². The lowest BCUT2D eigenvalue weighted by Gasteiger charge is -2.22. The minimum Gasteiger partial charge on any atom is -0.330 e. The third kappa shape index (κ3) is 3.49. The van der Waals surface area contributed by atoms with Gasteiger partial charge in [0.25, 0.3) is 0 Å². The van der Waals surface area contributed by atoms with E-state index in [0.29, 0.717) is 5.41 Å². The first-order valence-electron chi connectivity index (χ1n) is 5.20. The van der Waals surface area contributed by atoms with E-state index in [1.807, 2.05) is 11.8 Å². The molecule has 1 atom stereocenters. The summed E-state index contributed by atoms with van der Waals surface area (Å²) in [7, 11) is 0. The Morgan fingerprint density at radius 1 is 1.54 bits per heavy atom. The van der Waals surface area contributed by atoms with Crippen LogP contribution in [-0.2, 0) is 0 Å². The summed E-state index contributed by atoms with van der Waals surface area (Å²) >= 11 is 2.03. The highest BCUT2D eigenvalue weighted by atomic mass is 32.2. The highest BCUT2D eigenvalue weighted by molar-refractivity contribution is 7.99. The Labute approximate surface area is 86.2 Å². The first kappa shape index (κ1) is 11.3. The summed E-state index contributed by atoms with van der Waals surface area (Å²) in [5.74, 6) is 2.51. The molecule has 0 aliphatic carbocycles. The molecule has 0 spiro atoms. The molecular weight excluding hydrogens is 180 g/mol. The zero-order valence-electron chi connectivity index (χ0n) is 8.88. The van der Waals surface area contributed by atoms with Crippen molar-refractivity contribution in [3.8, 4) is 0 Å². The van der Waals surface area contributed by atoms with Crippen LogP contribution in [0.3, 0.4) is 0 Å². The van der Waals surface area contributed by atoms with Crippen LogP contribution < -0.4 is 5.73 Å². The Bertz CT molecular complexity index is 152. The van der Waals surface area contributed by atoms with Crippen molar-refractivity contribution >= 4 is 11.8 Å². The van der Waals surface area contributed by atoms with Crippen molar-refractivity contribution in [2.45, 2.75) is 20.3 Å². The van der Waals surface area contributed by atoms with Gasteiger partial charge in [0.1, 0.15) is 0 Å². The standard InChI is InChI=1S/C10H22N2S/c1-3-13-7-6-12-5-4-10(2,8-11)9-12/h3-9,11H2,1-2H3. The molecule has 1 unspecified atom stereocenters. The first-order valence-corrected chi connectivity index (χ1v) is 6.36. The van der Waals surface area contributed by atoms with Gasteiger partial charge < -0.3 is 10.6 Å². The van der Waals surface area contributed by atoms with E-state index in [1.54, 1.807) is 0 Å². The highest BCUT2D eigenvalue weighted by Crippen LogP contribution is 2.28. The fourth-order valence-electron chi connectivity index (χ4n) is 1.82. The first-order chi connectivity index (χ1) is 6.20. The van der Waals surface area contributed by atoms with E-state index in [-0.39, 0.29) is 0 Å². The Morgan fingerprint density at radius 2 is 2.31 bits per heavy atom. The van der Waals surface area contributed by atoms with E-state index in [0.717, 1.165) is 6.54 Å². The number of nitrogens with two attached hydrogens (primary N) is 1. The van der Waals surface area contributed by atoms with Crippen LogP contribution in [0.5, 0.6) is 0 Å². The molecule has 1 aliphatic rings. The van der Waals surface area contributed by atoms with Gasteiger partial charge in [0, 0.05) is 18.8 Å². The normalized spacial score (nSPS) is 29.8. The van der Waals surface area contributed by atoms with Gasteiger partial charge in [-0.2, -0.15) is 11.8 Å². The number of likely N-dealkylation sites (tertiary alicyclic amines) is 1. The highest BCUT2D eigenvalue weighted by Gasteiger charge is 2.31. The maximum absolute atomic E-state index is 5.75. The van der Waals surface area contributed by atoms with Crippen LogP contribution in [0.1, 0.15) is 20.3 Å². The van der Waals surface area contributed by atoms with Crippen molar-refractivity contribution in [3.63, 3.8) is 0 Å². The van der Waals surface area contributed by atoms with E-state index >= 15 is 0 Å². The van der Waals surface area contributed by atoms with Crippen LogP contribution in [0, 0.1) is 5.41 Å². The Kier molecular flexibility index (Phi) is 4.56. The van der Waals surface area contributed by atoms with E-state index in [1.165, 1.54) is 37.6 Å². The smallest absolute Gasteiger partial charge is 0.00726 e. The molecule has 1 aliphatic heterocycles. The molecule has 78 valence electrons. The molecule has 0 saturated carbocycles. The summed E-state index contributed by atoms with van der Waals surface area (Å²) in [6.07, 6.45) is 1.28. The minimum atomic E-state index is 0.400. The molecule has 1 rings (SSSR count). The number of thioether (sulfide) groups is 1. The molecule has 0 aromatic heterocycles. The average Bonchev–Trinajstić information content (AvgIpc) is 2.50. The van der Waals surface area contributed by atoms with Gasteiger partial charge in [-0.3, -0.25) is 0 Å². The van der Waals surface area contributed by atoms with E-state index in [9.17, 15) is 0 Å². The lowest BCUT2D eigenvalue weighted by Crippen LogP contribution is -2.32. The summed E-state index contributed by atoms with van der Waals surface area (Å²) in [6.45, 7) is 9.06. The number of nitrogens with zero attached hydrogens (tertiary/aromatic N) is 1. The van der Waals surface area contributed by atoms with E-state index in [2.05, 4.69) is 18.7 Å². The van der Waals surface area contributed by atoms with Crippen molar-refractivity contribution in [2.24, 2.45) is 11.1 Å². The second kappa shape index (κ2) is 5.23. The van der Waals surface area contributed by atoms with Crippen molar-refractivity contribution in [1.82, 2.24) is 4.90 Å². The van der Waals surface area contributed by atoms with Crippen LogP contribution in [0.4, 0.5) is 0 Å². The van der Waals surface area contributed by atoms with Crippen LogP contribution in [0.2, 0.25) is 0 Å². The molecule has 1 saturated heterocycles. The molecule has 13 heavy (non-hydrogen) atoms. The Balaban J connectivity index is 2.17. The predicted molar refractivity (Wildman–Crippen MR) is 61.2 cm³/mol. The van der Waals surface area contributed by atoms with Gasteiger partial charge in [-0.1, -0.05) is 13.8 Å². The Hall–Kier alpha value is 0.270. The second-order valence-electron chi connectivity index (χ2n) is 4.24. The molecule has 0 aromatic rings. The zero-order chi connectivity index (χ0) is 9.73. The summed E-state index contributed by atoms with van der Waals surface area (Å²) in [4.78, 5) is 2.55. The van der Waals surface area contributed by atoms with Gasteiger partial charge in [0.15, 0.2) is 0 Å². The maximum atomic E-state index is 5.75. The quantitative estimate of drug-likeness (QED) is 0.684. The summed E-state index contributed by atoms with van der Waals surface area (Å²) < 4.78 is 0. The lowest BCUT2D eigenvalue weighted by molar-refractivity contribution is 0.293. The minimum absolute atomic E-state index is 0.400. The SMILES string of the molecule is CCSCCN1CCC(C)(CN)C1. The molecule has 1 heterocycles. The largest absolute Gasteiger partial charge is 0.330 e. The number of hydrogen-bond donors (Lipinski definition) is 1. The summed E-state index contributed by atoms with van der Waals surface area (Å²) in [5, 5.41) is 0. The van der Waals surface area contributed by atoms with Crippen LogP contribution >= 0.6 is 11.8 Å². The molecule has 1 fully saturated rings. The zero-order valence-corrected chi connectivity index (χ0v) is 9.70. The average molecular weight is 202 g/mol. The molecule has 2 N–H and O–H groups in total. The summed E-state index contributed by atoms with van der Waals surface area (Å²) in [5.41, 5.74) is 6.15. The third-order valence-corrected chi connectivity index (χ3v) is 3.77. The van der Waals surface area contributed by atoms with Crippen molar-refractivity contribution < 1.29 is 0 Å². The van der Waals surface area contributed by atoms with E-state index in [4.69, 9.17) is 5.73 Å². The second-order valence-corrected chi connectivity index (χ2v) is 5.63. The molecule has 2 nitrogen and oxygen atoms in total. The molecule has 3 heteroatoms. The van der Waals surface area contributed by atoms with Gasteiger partial charge in [0.05, 0.1) is 0 Å². The summed E-state index contributed by atoms with van der Waals surface area (Å²) in [6, 6.07) is 0. The maximum Gasteiger partial charge on any atom is 0.00726 e. The fraction of sp³-hybridized carbons (Fsp3) is 1.00. The van der Waals surface area contributed by atoms with Gasteiger partial charge in [-0.15, -0.1) is 0 Å². The lowest BCUT2D eigenvalue weighted by atomic mass is 9.90. The topological polar surface area (TPSA) is 29.3 Å².